The van der Waals surface area contributed by atoms with Crippen LogP contribution in [0, 0.1) is 17.3 Å². The van der Waals surface area contributed by atoms with E-state index in [1.54, 1.807) is 0 Å². The zero-order valence-corrected chi connectivity index (χ0v) is 31.5. The summed E-state index contributed by atoms with van der Waals surface area (Å²) in [6.45, 7) is 22.5. The van der Waals surface area contributed by atoms with Crippen LogP contribution < -0.4 is 0 Å². The second kappa shape index (κ2) is 17.4. The third-order valence-corrected chi connectivity index (χ3v) is 11.5. The summed E-state index contributed by atoms with van der Waals surface area (Å²) in [6, 6.07) is 0. The summed E-state index contributed by atoms with van der Waals surface area (Å²) < 4.78 is 0. The van der Waals surface area contributed by atoms with E-state index in [1.165, 1.54) is 51.4 Å². The van der Waals surface area contributed by atoms with Crippen molar-refractivity contribution in [1.29, 1.82) is 0 Å². The zero-order chi connectivity index (χ0) is 34.8. The third-order valence-electron chi connectivity index (χ3n) is 11.5. The highest BCUT2D eigenvalue weighted by Crippen LogP contribution is 2.60. The summed E-state index contributed by atoms with van der Waals surface area (Å²) >= 11 is 0. The molecule has 2 N–H and O–H groups in total. The Kier molecular flexibility index (Phi) is 15.5. The van der Waals surface area contributed by atoms with Crippen LogP contribution in [0.3, 0.4) is 0 Å². The van der Waals surface area contributed by atoms with Crippen LogP contribution in [0.5, 0.6) is 0 Å². The lowest BCUT2D eigenvalue weighted by molar-refractivity contribution is -0.327. The molecule has 0 spiro atoms. The molecule has 2 saturated heterocycles. The van der Waals surface area contributed by atoms with Gasteiger partial charge in [-0.25, -0.2) is 0 Å². The minimum atomic E-state index is -1.52. The first kappa shape index (κ1) is 41.0. The van der Waals surface area contributed by atoms with Gasteiger partial charge in [-0.15, -0.1) is 0 Å². The molecule has 2 aliphatic heterocycles. The molecule has 8 nitrogen and oxygen atoms in total. The summed E-state index contributed by atoms with van der Waals surface area (Å²) in [6.07, 6.45) is 16.2. The van der Waals surface area contributed by atoms with Crippen LogP contribution in [0.25, 0.3) is 0 Å². The Morgan fingerprint density at radius 3 is 1.30 bits per heavy atom. The normalized spacial score (nSPS) is 25.6. The third kappa shape index (κ3) is 9.69. The van der Waals surface area contributed by atoms with E-state index in [-0.39, 0.29) is 11.1 Å². The molecule has 0 radical (unpaired) electrons. The van der Waals surface area contributed by atoms with Crippen molar-refractivity contribution < 1.29 is 29.5 Å². The number of carboxylic acid groups (broad SMARTS) is 2. The van der Waals surface area contributed by atoms with Crippen LogP contribution in [-0.4, -0.2) is 67.6 Å². The molecule has 0 bridgehead atoms. The molecule has 0 saturated carbocycles. The van der Waals surface area contributed by atoms with E-state index in [0.717, 1.165) is 38.5 Å². The molecule has 46 heavy (non-hydrogen) atoms. The monoisotopic (exact) mass is 653 g/mol. The Bertz CT molecular complexity index is 887. The Morgan fingerprint density at radius 1 is 0.630 bits per heavy atom. The number of hydrogen-bond acceptors (Lipinski definition) is 6. The quantitative estimate of drug-likeness (QED) is 0.118. The van der Waals surface area contributed by atoms with E-state index in [1.807, 2.05) is 10.1 Å². The topological polar surface area (TPSA) is 99.5 Å². The molecular formula is C38H72N2O6. The summed E-state index contributed by atoms with van der Waals surface area (Å²) in [4.78, 5) is 39.7. The van der Waals surface area contributed by atoms with Crippen molar-refractivity contribution in [2.75, 3.05) is 13.2 Å². The molecule has 2 unspecified atom stereocenters. The molecule has 0 amide bonds. The predicted octanol–water partition coefficient (Wildman–Crippen LogP) is 9.65. The number of aliphatic carboxylic acids is 2. The van der Waals surface area contributed by atoms with Crippen molar-refractivity contribution in [1.82, 2.24) is 10.1 Å². The van der Waals surface area contributed by atoms with Gasteiger partial charge >= 0.3 is 11.9 Å². The van der Waals surface area contributed by atoms with Gasteiger partial charge in [0.25, 0.3) is 0 Å². The number of piperidine rings is 2. The molecule has 2 aliphatic rings. The molecular weight excluding hydrogens is 580 g/mol. The van der Waals surface area contributed by atoms with Gasteiger partial charge in [0.2, 0.25) is 0 Å². The lowest BCUT2D eigenvalue weighted by Crippen LogP contribution is -2.72. The van der Waals surface area contributed by atoms with Gasteiger partial charge in [-0.1, -0.05) is 78.1 Å². The smallest absolute Gasteiger partial charge is 0.310 e. The van der Waals surface area contributed by atoms with Gasteiger partial charge in [-0.2, -0.15) is 10.1 Å². The van der Waals surface area contributed by atoms with Gasteiger partial charge in [-0.3, -0.25) is 19.3 Å². The lowest BCUT2D eigenvalue weighted by atomic mass is 9.50. The maximum Gasteiger partial charge on any atom is 0.310 e. The van der Waals surface area contributed by atoms with Crippen molar-refractivity contribution in [2.24, 2.45) is 17.3 Å². The molecule has 8 heteroatoms. The van der Waals surface area contributed by atoms with Crippen molar-refractivity contribution in [3.05, 3.63) is 0 Å². The van der Waals surface area contributed by atoms with Crippen molar-refractivity contribution in [3.63, 3.8) is 0 Å². The highest BCUT2D eigenvalue weighted by molar-refractivity contribution is 5.82. The first-order chi connectivity index (χ1) is 21.4. The Morgan fingerprint density at radius 2 is 0.978 bits per heavy atom. The maximum atomic E-state index is 13.9. The fourth-order valence-corrected chi connectivity index (χ4v) is 9.40. The predicted molar refractivity (Wildman–Crippen MR) is 186 cm³/mol. The number of hydrogen-bond donors (Lipinski definition) is 2. The number of carbonyl (C=O) groups is 2. The van der Waals surface area contributed by atoms with Gasteiger partial charge in [0.05, 0.1) is 25.0 Å². The largest absolute Gasteiger partial charge is 0.481 e. The van der Waals surface area contributed by atoms with Crippen molar-refractivity contribution in [2.45, 2.75) is 201 Å². The molecule has 2 fully saturated rings. The lowest BCUT2D eigenvalue weighted by Gasteiger charge is -2.64. The van der Waals surface area contributed by atoms with E-state index in [9.17, 15) is 19.8 Å². The molecule has 0 aliphatic carbocycles. The van der Waals surface area contributed by atoms with Gasteiger partial charge in [0, 0.05) is 22.2 Å². The van der Waals surface area contributed by atoms with Crippen molar-refractivity contribution >= 4 is 11.9 Å². The molecule has 2 atom stereocenters. The zero-order valence-electron chi connectivity index (χ0n) is 31.5. The van der Waals surface area contributed by atoms with Crippen LogP contribution in [0.4, 0.5) is 0 Å². The standard InChI is InChI=1S/C38H72N2O6/c1-11-13-15-17-19-21-27-45-39-34(3,4)25-23-30(36(39,7)8)38(33(43)44,29-32(41)42)31-24-26-35(5,6)40(37(31,9)10)46-28-22-20-18-16-14-12-2/h30-31H,11-29H2,1-10H3,(H,41,42)(H,43,44). The summed E-state index contributed by atoms with van der Waals surface area (Å²) in [5.74, 6) is -2.98. The van der Waals surface area contributed by atoms with Crippen LogP contribution in [0.2, 0.25) is 0 Å². The minimum Gasteiger partial charge on any atom is -0.481 e. The molecule has 2 rings (SSSR count). The van der Waals surface area contributed by atoms with E-state index < -0.39 is 46.7 Å². The first-order valence-electron chi connectivity index (χ1n) is 18.7. The number of rotatable bonds is 21. The average Bonchev–Trinajstić information content (AvgIpc) is 2.93. The van der Waals surface area contributed by atoms with Crippen LogP contribution in [-0.2, 0) is 19.3 Å². The SMILES string of the molecule is CCCCCCCCON1C(C)(C)CCC(C(CC(=O)O)(C(=O)O)C2CCC(C)(C)N(OCCCCCCCC)C2(C)C)C1(C)C. The average molecular weight is 653 g/mol. The molecule has 0 aromatic rings. The van der Waals surface area contributed by atoms with Crippen molar-refractivity contribution in [3.8, 4) is 0 Å². The number of carboxylic acids is 2. The Hall–Kier alpha value is -1.22. The van der Waals surface area contributed by atoms with Gasteiger partial charge in [0.15, 0.2) is 0 Å². The molecule has 0 aromatic heterocycles. The number of hydroxylamine groups is 4. The Balaban J connectivity index is 2.44. The number of unbranched alkanes of at least 4 members (excludes halogenated alkanes) is 10. The minimum absolute atomic E-state index is 0.313. The van der Waals surface area contributed by atoms with E-state index in [2.05, 4.69) is 69.2 Å². The maximum absolute atomic E-state index is 13.9. The van der Waals surface area contributed by atoms with Crippen LogP contribution in [0.15, 0.2) is 0 Å². The second-order valence-electron chi connectivity index (χ2n) is 16.8. The van der Waals surface area contributed by atoms with Gasteiger partial charge in [0.1, 0.15) is 0 Å². The van der Waals surface area contributed by atoms with E-state index >= 15 is 0 Å². The second-order valence-corrected chi connectivity index (χ2v) is 16.8. The summed E-state index contributed by atoms with van der Waals surface area (Å²) in [5.41, 5.74) is -3.58. The molecule has 270 valence electrons. The van der Waals surface area contributed by atoms with Crippen LogP contribution in [0.1, 0.15) is 178 Å². The highest BCUT2D eigenvalue weighted by Gasteiger charge is 2.67. The molecule has 2 heterocycles. The van der Waals surface area contributed by atoms with Gasteiger partial charge < -0.3 is 10.2 Å². The van der Waals surface area contributed by atoms with Crippen LogP contribution >= 0.6 is 0 Å². The van der Waals surface area contributed by atoms with E-state index in [0.29, 0.717) is 26.1 Å². The molecule has 0 aromatic carbocycles. The highest BCUT2D eigenvalue weighted by atomic mass is 16.7. The first-order valence-corrected chi connectivity index (χ1v) is 18.7. The summed E-state index contributed by atoms with van der Waals surface area (Å²) in [5, 5.41) is 25.8. The fourth-order valence-electron chi connectivity index (χ4n) is 9.40. The summed E-state index contributed by atoms with van der Waals surface area (Å²) in [7, 11) is 0. The number of nitrogens with zero attached hydrogens (tertiary/aromatic N) is 2. The van der Waals surface area contributed by atoms with Gasteiger partial charge in [-0.05, 0) is 106 Å². The van der Waals surface area contributed by atoms with E-state index in [4.69, 9.17) is 9.68 Å². The fraction of sp³-hybridized carbons (Fsp3) is 0.947. The Labute approximate surface area is 282 Å².